The number of carboxylic acids is 1. The third kappa shape index (κ3) is 18.2. The number of carbonyl (C=O) groups excluding carboxylic acids is 1. The molecule has 0 aromatic carbocycles. The first kappa shape index (κ1) is 20.1. The number of aliphatic carboxylic acids is 1. The predicted octanol–water partition coefficient (Wildman–Crippen LogP) is 0.608. The number of rotatable bonds is 13. The van der Waals surface area contributed by atoms with Gasteiger partial charge >= 0.3 is 18.9 Å². The molecule has 0 spiro atoms. The summed E-state index contributed by atoms with van der Waals surface area (Å²) in [6.07, 6.45) is 15.5. The molecule has 0 unspecified atom stereocenters. The monoisotopic (exact) mass is 246 g/mol. The van der Waals surface area contributed by atoms with Crippen molar-refractivity contribution in [3.63, 3.8) is 0 Å². The molecular formula is C15H27LiO2. The van der Waals surface area contributed by atoms with Gasteiger partial charge in [-0.2, -0.15) is 0 Å². The molecule has 0 amide bonds. The molecule has 3 heteroatoms. The molecule has 0 saturated heterocycles. The van der Waals surface area contributed by atoms with Crippen LogP contribution in [-0.2, 0) is 4.79 Å². The van der Waals surface area contributed by atoms with Gasteiger partial charge in [-0.1, -0.05) is 57.4 Å². The molecular weight excluding hydrogens is 219 g/mol. The second-order valence-electron chi connectivity index (χ2n) is 4.73. The maximum absolute atomic E-state index is 10.2. The molecule has 0 rings (SSSR count). The van der Waals surface area contributed by atoms with Crippen LogP contribution in [0.3, 0.4) is 0 Å². The smallest absolute Gasteiger partial charge is 0.550 e. The number of carbonyl (C=O) groups is 1. The third-order valence-corrected chi connectivity index (χ3v) is 3.04. The first-order valence-corrected chi connectivity index (χ1v) is 7.08. The summed E-state index contributed by atoms with van der Waals surface area (Å²) in [4.78, 5) is 10.2. The molecule has 0 aromatic heterocycles. The Bertz CT molecular complexity index is 193. The Morgan fingerprint density at radius 2 is 1.22 bits per heavy atom. The van der Waals surface area contributed by atoms with Crippen LogP contribution in [0.4, 0.5) is 0 Å². The molecule has 0 aromatic rings. The number of unbranched alkanes of at least 4 members (excludes halogenated alkanes) is 10. The first-order valence-electron chi connectivity index (χ1n) is 7.08. The van der Waals surface area contributed by atoms with Gasteiger partial charge in [0, 0.05) is 5.97 Å². The molecule has 0 atom stereocenters. The molecule has 0 bridgehead atoms. The van der Waals surface area contributed by atoms with Crippen molar-refractivity contribution >= 4 is 5.97 Å². The summed E-state index contributed by atoms with van der Waals surface area (Å²) < 4.78 is 0. The fraction of sp³-hybridized carbons (Fsp3) is 0.800. The van der Waals surface area contributed by atoms with Crippen molar-refractivity contribution in [3.8, 4) is 0 Å². The van der Waals surface area contributed by atoms with E-state index in [0.717, 1.165) is 19.3 Å². The van der Waals surface area contributed by atoms with Gasteiger partial charge in [0.05, 0.1) is 0 Å². The molecule has 0 aliphatic heterocycles. The van der Waals surface area contributed by atoms with E-state index in [2.05, 4.69) is 6.58 Å². The quantitative estimate of drug-likeness (QED) is 0.271. The average Bonchev–Trinajstić information content (AvgIpc) is 2.30. The molecule has 0 aliphatic rings. The van der Waals surface area contributed by atoms with Gasteiger partial charge in [-0.05, 0) is 25.7 Å². The van der Waals surface area contributed by atoms with E-state index in [1.807, 2.05) is 6.08 Å². The van der Waals surface area contributed by atoms with Crippen molar-refractivity contribution in [1.29, 1.82) is 0 Å². The van der Waals surface area contributed by atoms with Gasteiger partial charge in [0.15, 0.2) is 0 Å². The second-order valence-corrected chi connectivity index (χ2v) is 4.73. The van der Waals surface area contributed by atoms with Crippen molar-refractivity contribution < 1.29 is 28.8 Å². The first-order chi connectivity index (χ1) is 8.27. The zero-order valence-electron chi connectivity index (χ0n) is 12.1. The molecule has 0 heterocycles. The van der Waals surface area contributed by atoms with Crippen LogP contribution in [0.1, 0.15) is 77.0 Å². The van der Waals surface area contributed by atoms with Crippen LogP contribution in [0, 0.1) is 0 Å². The Balaban J connectivity index is 0. The van der Waals surface area contributed by atoms with Crippen LogP contribution in [-0.4, -0.2) is 5.97 Å². The van der Waals surface area contributed by atoms with Gasteiger partial charge < -0.3 is 9.90 Å². The molecule has 2 nitrogen and oxygen atoms in total. The van der Waals surface area contributed by atoms with E-state index < -0.39 is 5.97 Å². The summed E-state index contributed by atoms with van der Waals surface area (Å²) in [5.74, 6) is -0.912. The minimum absolute atomic E-state index is 0. The van der Waals surface area contributed by atoms with Crippen molar-refractivity contribution in [3.05, 3.63) is 12.7 Å². The minimum atomic E-state index is -0.912. The predicted molar refractivity (Wildman–Crippen MR) is 70.6 cm³/mol. The summed E-state index contributed by atoms with van der Waals surface area (Å²) in [5.41, 5.74) is 0. The Morgan fingerprint density at radius 3 is 1.61 bits per heavy atom. The Kier molecular flexibility index (Phi) is 18.8. The van der Waals surface area contributed by atoms with Crippen molar-refractivity contribution in [2.24, 2.45) is 0 Å². The molecule has 0 aliphatic carbocycles. The van der Waals surface area contributed by atoms with Gasteiger partial charge in [0.1, 0.15) is 0 Å². The Labute approximate surface area is 124 Å². The van der Waals surface area contributed by atoms with Gasteiger partial charge in [-0.3, -0.25) is 0 Å². The molecule has 100 valence electrons. The SMILES string of the molecule is C=CCCCCCCCCCCCCC(=O)[O-].[Li+]. The van der Waals surface area contributed by atoms with E-state index in [-0.39, 0.29) is 25.3 Å². The number of hydrogen-bond donors (Lipinski definition) is 0. The molecule has 0 N–H and O–H groups in total. The topological polar surface area (TPSA) is 40.1 Å². The molecule has 0 radical (unpaired) electrons. The summed E-state index contributed by atoms with van der Waals surface area (Å²) in [5, 5.41) is 10.2. The molecule has 18 heavy (non-hydrogen) atoms. The van der Waals surface area contributed by atoms with Crippen LogP contribution in [0.25, 0.3) is 0 Å². The van der Waals surface area contributed by atoms with Gasteiger partial charge in [-0.25, -0.2) is 0 Å². The number of allylic oxidation sites excluding steroid dienone is 1. The van der Waals surface area contributed by atoms with Crippen LogP contribution < -0.4 is 24.0 Å². The Hall–Kier alpha value is -0.193. The van der Waals surface area contributed by atoms with E-state index in [1.54, 1.807) is 0 Å². The minimum Gasteiger partial charge on any atom is -0.550 e. The van der Waals surface area contributed by atoms with Crippen LogP contribution >= 0.6 is 0 Å². The maximum Gasteiger partial charge on any atom is 1.00 e. The standard InChI is InChI=1S/C15H28O2.Li/c1-2-3-4-5-6-7-8-9-10-11-12-13-14-15(16)17;/h2H,1,3-14H2,(H,16,17);/q;+1/p-1. The van der Waals surface area contributed by atoms with Gasteiger partial charge in [0.25, 0.3) is 0 Å². The van der Waals surface area contributed by atoms with E-state index in [1.165, 1.54) is 51.4 Å². The summed E-state index contributed by atoms with van der Waals surface area (Å²) in [7, 11) is 0. The number of carboxylic acid groups (broad SMARTS) is 1. The molecule has 0 saturated carbocycles. The summed E-state index contributed by atoms with van der Waals surface area (Å²) in [6, 6.07) is 0. The normalized spacial score (nSPS) is 9.78. The van der Waals surface area contributed by atoms with Crippen molar-refractivity contribution in [2.45, 2.75) is 77.0 Å². The second kappa shape index (κ2) is 16.8. The van der Waals surface area contributed by atoms with E-state index in [0.29, 0.717) is 0 Å². The summed E-state index contributed by atoms with van der Waals surface area (Å²) >= 11 is 0. The third-order valence-electron chi connectivity index (χ3n) is 3.04. The fourth-order valence-corrected chi connectivity index (χ4v) is 1.97. The van der Waals surface area contributed by atoms with Crippen molar-refractivity contribution in [2.75, 3.05) is 0 Å². The fourth-order valence-electron chi connectivity index (χ4n) is 1.97. The van der Waals surface area contributed by atoms with Crippen LogP contribution in [0.2, 0.25) is 0 Å². The zero-order valence-corrected chi connectivity index (χ0v) is 12.1. The van der Waals surface area contributed by atoms with Gasteiger partial charge in [-0.15, -0.1) is 6.58 Å². The molecule has 0 fully saturated rings. The van der Waals surface area contributed by atoms with Crippen LogP contribution in [0.15, 0.2) is 12.7 Å². The average molecular weight is 246 g/mol. The van der Waals surface area contributed by atoms with E-state index in [4.69, 9.17) is 0 Å². The largest absolute Gasteiger partial charge is 1.00 e. The Morgan fingerprint density at radius 1 is 0.833 bits per heavy atom. The van der Waals surface area contributed by atoms with E-state index >= 15 is 0 Å². The van der Waals surface area contributed by atoms with Crippen LogP contribution in [0.5, 0.6) is 0 Å². The van der Waals surface area contributed by atoms with Gasteiger partial charge in [0.2, 0.25) is 0 Å². The zero-order chi connectivity index (χ0) is 12.8. The maximum atomic E-state index is 10.2. The number of hydrogen-bond acceptors (Lipinski definition) is 2. The summed E-state index contributed by atoms with van der Waals surface area (Å²) in [6.45, 7) is 3.71. The van der Waals surface area contributed by atoms with Crippen molar-refractivity contribution in [1.82, 2.24) is 0 Å². The van der Waals surface area contributed by atoms with E-state index in [9.17, 15) is 9.90 Å².